The summed E-state index contributed by atoms with van der Waals surface area (Å²) in [6.07, 6.45) is 10.5. The molecule has 3 heterocycles. The lowest BCUT2D eigenvalue weighted by molar-refractivity contribution is 0.283. The molecule has 1 aliphatic heterocycles. The molecule has 5 heteroatoms. The van der Waals surface area contributed by atoms with Crippen molar-refractivity contribution in [1.82, 2.24) is 14.9 Å². The molecule has 1 saturated heterocycles. The second-order valence-electron chi connectivity index (χ2n) is 7.53. The van der Waals surface area contributed by atoms with E-state index >= 15 is 0 Å². The molecule has 140 valence electrons. The summed E-state index contributed by atoms with van der Waals surface area (Å²) in [5.74, 6) is 2.25. The van der Waals surface area contributed by atoms with Gasteiger partial charge in [0.15, 0.2) is 0 Å². The minimum atomic E-state index is 0.974. The third-order valence-corrected chi connectivity index (χ3v) is 6.81. The van der Waals surface area contributed by atoms with Gasteiger partial charge in [-0.2, -0.15) is 0 Å². The van der Waals surface area contributed by atoms with Crippen LogP contribution in [-0.2, 0) is 19.3 Å². The Balaban J connectivity index is 1.73. The molecule has 1 aliphatic carbocycles. The molecule has 0 amide bonds. The van der Waals surface area contributed by atoms with Crippen LogP contribution in [0.4, 0.5) is 5.82 Å². The predicted molar refractivity (Wildman–Crippen MR) is 112 cm³/mol. The van der Waals surface area contributed by atoms with Gasteiger partial charge in [0.1, 0.15) is 16.5 Å². The quantitative estimate of drug-likeness (QED) is 0.583. The summed E-state index contributed by atoms with van der Waals surface area (Å²) in [6, 6.07) is 0. The number of fused-ring (bicyclic) bond motifs is 3. The van der Waals surface area contributed by atoms with Crippen molar-refractivity contribution >= 4 is 27.4 Å². The summed E-state index contributed by atoms with van der Waals surface area (Å²) < 4.78 is 0. The van der Waals surface area contributed by atoms with Gasteiger partial charge in [-0.3, -0.25) is 4.90 Å². The molecule has 26 heavy (non-hydrogen) atoms. The molecule has 0 spiro atoms. The number of aryl methyl sites for hydroxylation is 3. The van der Waals surface area contributed by atoms with Crippen LogP contribution in [0.5, 0.6) is 0 Å². The highest BCUT2D eigenvalue weighted by molar-refractivity contribution is 7.19. The first kappa shape index (κ1) is 17.9. The molecule has 2 aromatic rings. The van der Waals surface area contributed by atoms with Crippen molar-refractivity contribution < 1.29 is 0 Å². The molecular weight excluding hydrogens is 340 g/mol. The van der Waals surface area contributed by atoms with Gasteiger partial charge in [0.2, 0.25) is 0 Å². The molecule has 0 bridgehead atoms. The van der Waals surface area contributed by atoms with Gasteiger partial charge in [0.25, 0.3) is 0 Å². The highest BCUT2D eigenvalue weighted by atomic mass is 32.1. The maximum Gasteiger partial charge on any atom is 0.141 e. The largest absolute Gasteiger partial charge is 0.353 e. The van der Waals surface area contributed by atoms with Crippen LogP contribution in [0, 0.1) is 0 Å². The highest BCUT2D eigenvalue weighted by Crippen LogP contribution is 2.39. The number of rotatable bonds is 5. The monoisotopic (exact) mass is 370 g/mol. The molecule has 4 nitrogen and oxygen atoms in total. The second kappa shape index (κ2) is 8.05. The lowest BCUT2D eigenvalue weighted by Gasteiger charge is -2.35. The van der Waals surface area contributed by atoms with Gasteiger partial charge in [-0.25, -0.2) is 9.97 Å². The van der Waals surface area contributed by atoms with Crippen LogP contribution in [0.3, 0.4) is 0 Å². The van der Waals surface area contributed by atoms with E-state index in [0.717, 1.165) is 51.4 Å². The van der Waals surface area contributed by atoms with Crippen molar-refractivity contribution in [1.29, 1.82) is 0 Å². The summed E-state index contributed by atoms with van der Waals surface area (Å²) >= 11 is 1.94. The van der Waals surface area contributed by atoms with Crippen molar-refractivity contribution in [3.8, 4) is 0 Å². The fraction of sp³-hybridized carbons (Fsp3) is 0.619. The summed E-state index contributed by atoms with van der Waals surface area (Å²) in [4.78, 5) is 17.8. The maximum absolute atomic E-state index is 5.08. The molecule has 0 aromatic carbocycles. The van der Waals surface area contributed by atoms with Gasteiger partial charge in [-0.05, 0) is 37.7 Å². The molecule has 1 fully saturated rings. The number of hydrogen-bond donors (Lipinski definition) is 0. The van der Waals surface area contributed by atoms with Gasteiger partial charge < -0.3 is 4.90 Å². The molecule has 0 saturated carbocycles. The Kier molecular flexibility index (Phi) is 5.55. The average molecular weight is 371 g/mol. The number of anilines is 1. The number of piperazine rings is 1. The molecule has 4 rings (SSSR count). The average Bonchev–Trinajstić information content (AvgIpc) is 2.83. The van der Waals surface area contributed by atoms with Gasteiger partial charge in [-0.15, -0.1) is 17.9 Å². The molecule has 0 atom stereocenters. The number of hydrogen-bond acceptors (Lipinski definition) is 5. The normalized spacial score (nSPS) is 18.7. The fourth-order valence-electron chi connectivity index (χ4n) is 4.25. The number of aromatic nitrogens is 2. The van der Waals surface area contributed by atoms with E-state index in [4.69, 9.17) is 9.97 Å². The standard InChI is InChI=1S/C21H30N4S/c1-3-8-18-22-20(25-14-12-24(11-4-2)13-15-25)19-16-9-6-5-7-10-17(16)26-21(19)23-18/h4H,2-3,5-15H2,1H3. The van der Waals surface area contributed by atoms with Crippen molar-refractivity contribution in [2.75, 3.05) is 37.6 Å². The summed E-state index contributed by atoms with van der Waals surface area (Å²) in [7, 11) is 0. The summed E-state index contributed by atoms with van der Waals surface area (Å²) in [5.41, 5.74) is 1.56. The van der Waals surface area contributed by atoms with Crippen LogP contribution in [-0.4, -0.2) is 47.6 Å². The predicted octanol–water partition coefficient (Wildman–Crippen LogP) is 4.22. The molecule has 0 N–H and O–H groups in total. The second-order valence-corrected chi connectivity index (χ2v) is 8.62. The zero-order chi connectivity index (χ0) is 17.9. The third kappa shape index (κ3) is 3.52. The van der Waals surface area contributed by atoms with E-state index in [2.05, 4.69) is 23.3 Å². The number of nitrogens with zero attached hydrogens (tertiary/aromatic N) is 4. The topological polar surface area (TPSA) is 32.3 Å². The van der Waals surface area contributed by atoms with Crippen molar-refractivity contribution in [3.63, 3.8) is 0 Å². The van der Waals surface area contributed by atoms with Gasteiger partial charge in [0, 0.05) is 44.0 Å². The van der Waals surface area contributed by atoms with Crippen molar-refractivity contribution in [2.45, 2.75) is 51.9 Å². The van der Waals surface area contributed by atoms with E-state index in [1.807, 2.05) is 17.4 Å². The summed E-state index contributed by atoms with van der Waals surface area (Å²) in [6.45, 7) is 11.4. The Hall–Kier alpha value is -1.46. The van der Waals surface area contributed by atoms with Crippen LogP contribution in [0.1, 0.15) is 48.9 Å². The van der Waals surface area contributed by atoms with Crippen LogP contribution >= 0.6 is 11.3 Å². The highest BCUT2D eigenvalue weighted by Gasteiger charge is 2.25. The maximum atomic E-state index is 5.08. The first-order valence-corrected chi connectivity index (χ1v) is 11.0. The summed E-state index contributed by atoms with van der Waals surface area (Å²) in [5, 5.41) is 1.38. The van der Waals surface area contributed by atoms with E-state index in [9.17, 15) is 0 Å². The third-order valence-electron chi connectivity index (χ3n) is 5.62. The van der Waals surface area contributed by atoms with E-state index in [1.165, 1.54) is 48.1 Å². The smallest absolute Gasteiger partial charge is 0.141 e. The van der Waals surface area contributed by atoms with Gasteiger partial charge in [-0.1, -0.05) is 19.4 Å². The van der Waals surface area contributed by atoms with E-state index in [1.54, 1.807) is 10.4 Å². The van der Waals surface area contributed by atoms with Gasteiger partial charge in [0.05, 0.1) is 5.39 Å². The lowest BCUT2D eigenvalue weighted by atomic mass is 10.1. The van der Waals surface area contributed by atoms with E-state index in [0.29, 0.717) is 0 Å². The molecule has 0 unspecified atom stereocenters. The van der Waals surface area contributed by atoms with Crippen LogP contribution in [0.25, 0.3) is 10.2 Å². The van der Waals surface area contributed by atoms with E-state index in [-0.39, 0.29) is 0 Å². The first-order chi connectivity index (χ1) is 12.8. The zero-order valence-corrected chi connectivity index (χ0v) is 16.8. The SMILES string of the molecule is C=CCN1CCN(c2nc(CCC)nc3sc4c(c23)CCCCC4)CC1. The molecule has 0 radical (unpaired) electrons. The van der Waals surface area contributed by atoms with Crippen LogP contribution < -0.4 is 4.90 Å². The van der Waals surface area contributed by atoms with Crippen molar-refractivity contribution in [2.24, 2.45) is 0 Å². The fourth-order valence-corrected chi connectivity index (χ4v) is 5.52. The van der Waals surface area contributed by atoms with Crippen molar-refractivity contribution in [3.05, 3.63) is 28.9 Å². The Bertz CT molecular complexity index is 774. The Morgan fingerprint density at radius 3 is 2.65 bits per heavy atom. The molecule has 2 aliphatic rings. The Morgan fingerprint density at radius 1 is 1.08 bits per heavy atom. The lowest BCUT2D eigenvalue weighted by Crippen LogP contribution is -2.46. The van der Waals surface area contributed by atoms with E-state index < -0.39 is 0 Å². The minimum Gasteiger partial charge on any atom is -0.353 e. The first-order valence-electron chi connectivity index (χ1n) is 10.2. The van der Waals surface area contributed by atoms with Gasteiger partial charge >= 0.3 is 0 Å². The molecule has 2 aromatic heterocycles. The Labute approximate surface area is 160 Å². The zero-order valence-electron chi connectivity index (χ0n) is 16.0. The van der Waals surface area contributed by atoms with Crippen LogP contribution in [0.15, 0.2) is 12.7 Å². The van der Waals surface area contributed by atoms with Crippen LogP contribution in [0.2, 0.25) is 0 Å². The Morgan fingerprint density at radius 2 is 1.88 bits per heavy atom. The molecular formula is C21H30N4S. The minimum absolute atomic E-state index is 0.974. The number of thiophene rings is 1.